The molecule has 9 heteroatoms. The van der Waals surface area contributed by atoms with Crippen molar-refractivity contribution < 1.29 is 24.3 Å². The van der Waals surface area contributed by atoms with Gasteiger partial charge in [-0.25, -0.2) is 14.7 Å². The molecule has 29 heavy (non-hydrogen) atoms. The second-order valence-electron chi connectivity index (χ2n) is 7.79. The molecule has 0 saturated carbocycles. The van der Waals surface area contributed by atoms with Crippen LogP contribution in [0.5, 0.6) is 0 Å². The number of hydrogen-bond acceptors (Lipinski definition) is 5. The summed E-state index contributed by atoms with van der Waals surface area (Å²) in [6.45, 7) is 2.83. The van der Waals surface area contributed by atoms with Gasteiger partial charge in [0.2, 0.25) is 11.3 Å². The van der Waals surface area contributed by atoms with Crippen LogP contribution < -0.4 is 15.8 Å². The number of hydroxylamine groups is 1. The topological polar surface area (TPSA) is 112 Å². The lowest BCUT2D eigenvalue weighted by molar-refractivity contribution is -0.134. The van der Waals surface area contributed by atoms with Crippen molar-refractivity contribution in [2.45, 2.75) is 38.6 Å². The Morgan fingerprint density at radius 3 is 2.55 bits per heavy atom. The summed E-state index contributed by atoms with van der Waals surface area (Å²) in [4.78, 5) is 37.7. The lowest BCUT2D eigenvalue weighted by Crippen LogP contribution is -2.40. The maximum absolute atomic E-state index is 15.2. The standard InChI is InChI=1S/C20H22FN3O5/c1-10-2-3-12-16-13(18(25)14(20(27)28)9-24(10)16)8-15(21)17(12)23-6-4-11(5-7-23)19(26)22-29/h8-11,29H,2-7H2,1H3,(H,22,26)(H,27,28)/t10-/m0/s1. The van der Waals surface area contributed by atoms with Gasteiger partial charge < -0.3 is 14.6 Å². The van der Waals surface area contributed by atoms with Gasteiger partial charge >= 0.3 is 5.97 Å². The first kappa shape index (κ1) is 19.4. The van der Waals surface area contributed by atoms with Crippen LogP contribution in [0, 0.1) is 11.7 Å². The molecule has 1 amide bonds. The Morgan fingerprint density at radius 1 is 1.24 bits per heavy atom. The second kappa shape index (κ2) is 7.14. The van der Waals surface area contributed by atoms with E-state index in [0.717, 1.165) is 6.07 Å². The van der Waals surface area contributed by atoms with Gasteiger partial charge in [-0.3, -0.25) is 14.8 Å². The molecule has 1 aromatic heterocycles. The minimum absolute atomic E-state index is 0.0130. The lowest BCUT2D eigenvalue weighted by atomic mass is 9.91. The fraction of sp³-hybridized carbons (Fsp3) is 0.450. The van der Waals surface area contributed by atoms with Gasteiger partial charge in [0, 0.05) is 42.2 Å². The molecule has 0 aliphatic carbocycles. The van der Waals surface area contributed by atoms with E-state index >= 15 is 4.39 Å². The maximum Gasteiger partial charge on any atom is 0.341 e. The Morgan fingerprint density at radius 2 is 1.93 bits per heavy atom. The summed E-state index contributed by atoms with van der Waals surface area (Å²) in [5, 5.41) is 18.3. The van der Waals surface area contributed by atoms with Crippen molar-refractivity contribution in [1.29, 1.82) is 0 Å². The molecule has 1 fully saturated rings. The highest BCUT2D eigenvalue weighted by Crippen LogP contribution is 2.39. The van der Waals surface area contributed by atoms with Gasteiger partial charge in [0.1, 0.15) is 11.4 Å². The van der Waals surface area contributed by atoms with Gasteiger partial charge in [0.25, 0.3) is 0 Å². The fourth-order valence-electron chi connectivity index (χ4n) is 4.59. The first-order valence-corrected chi connectivity index (χ1v) is 9.65. The van der Waals surface area contributed by atoms with Crippen molar-refractivity contribution in [3.8, 4) is 0 Å². The molecule has 2 aliphatic rings. The van der Waals surface area contributed by atoms with Crippen LogP contribution in [-0.2, 0) is 11.2 Å². The van der Waals surface area contributed by atoms with Gasteiger partial charge in [-0.2, -0.15) is 0 Å². The molecular weight excluding hydrogens is 381 g/mol. The number of anilines is 1. The number of carbonyl (C=O) groups is 2. The molecule has 2 aromatic rings. The number of amides is 1. The number of carboxylic acids is 1. The number of carbonyl (C=O) groups excluding carboxylic acids is 1. The predicted octanol–water partition coefficient (Wildman–Crippen LogP) is 2.07. The van der Waals surface area contributed by atoms with E-state index in [4.69, 9.17) is 5.21 Å². The lowest BCUT2D eigenvalue weighted by Gasteiger charge is -2.36. The van der Waals surface area contributed by atoms with Crippen LogP contribution >= 0.6 is 0 Å². The smallest absolute Gasteiger partial charge is 0.341 e. The van der Waals surface area contributed by atoms with Crippen molar-refractivity contribution in [3.05, 3.63) is 39.4 Å². The Kier molecular flexibility index (Phi) is 4.77. The van der Waals surface area contributed by atoms with Crippen LogP contribution in [0.15, 0.2) is 17.1 Å². The number of nitrogens with one attached hydrogen (secondary N) is 1. The normalized spacial score (nSPS) is 19.4. The number of benzene rings is 1. The first-order chi connectivity index (χ1) is 13.8. The molecule has 3 heterocycles. The third kappa shape index (κ3) is 3.05. The number of aromatic nitrogens is 1. The van der Waals surface area contributed by atoms with E-state index < -0.39 is 23.1 Å². The number of nitrogens with zero attached hydrogens (tertiary/aromatic N) is 2. The number of aryl methyl sites for hydroxylation is 1. The Labute approximate surface area is 165 Å². The van der Waals surface area contributed by atoms with Crippen molar-refractivity contribution in [1.82, 2.24) is 10.0 Å². The van der Waals surface area contributed by atoms with E-state index in [2.05, 4.69) is 0 Å². The molecule has 4 rings (SSSR count). The average molecular weight is 403 g/mol. The minimum atomic E-state index is -1.33. The quantitative estimate of drug-likeness (QED) is 0.534. The van der Waals surface area contributed by atoms with Crippen molar-refractivity contribution >= 4 is 28.5 Å². The van der Waals surface area contributed by atoms with E-state index in [9.17, 15) is 19.5 Å². The minimum Gasteiger partial charge on any atom is -0.477 e. The van der Waals surface area contributed by atoms with E-state index in [0.29, 0.717) is 55.5 Å². The fourth-order valence-corrected chi connectivity index (χ4v) is 4.59. The van der Waals surface area contributed by atoms with Crippen LogP contribution in [0.1, 0.15) is 48.1 Å². The van der Waals surface area contributed by atoms with Crippen molar-refractivity contribution in [3.63, 3.8) is 0 Å². The number of pyridine rings is 1. The van der Waals surface area contributed by atoms with Gasteiger partial charge in [0.05, 0.1) is 11.2 Å². The third-order valence-corrected chi connectivity index (χ3v) is 6.15. The number of halogens is 1. The summed E-state index contributed by atoms with van der Waals surface area (Å²) >= 11 is 0. The zero-order chi connectivity index (χ0) is 20.9. The SMILES string of the molecule is C[C@H]1CCc2c(N3CCC(C(=O)NO)CC3)c(F)cc3c(=O)c(C(=O)O)cn1c23. The first-order valence-electron chi connectivity index (χ1n) is 9.65. The molecule has 3 N–H and O–H groups in total. The Bertz CT molecular complexity index is 1070. The summed E-state index contributed by atoms with van der Waals surface area (Å²) < 4.78 is 17.0. The van der Waals surface area contributed by atoms with E-state index in [1.54, 1.807) is 10.0 Å². The number of aromatic carboxylic acids is 1. The van der Waals surface area contributed by atoms with Crippen LogP contribution in [0.3, 0.4) is 0 Å². The molecule has 0 unspecified atom stereocenters. The van der Waals surface area contributed by atoms with E-state index in [1.165, 1.54) is 6.20 Å². The summed E-state index contributed by atoms with van der Waals surface area (Å²) in [6, 6.07) is 1.13. The number of hydrogen-bond donors (Lipinski definition) is 3. The number of piperidine rings is 1. The van der Waals surface area contributed by atoms with Gasteiger partial charge in [0.15, 0.2) is 0 Å². The zero-order valence-corrected chi connectivity index (χ0v) is 15.9. The zero-order valence-electron chi connectivity index (χ0n) is 15.9. The monoisotopic (exact) mass is 403 g/mol. The van der Waals surface area contributed by atoms with Crippen LogP contribution in [0.2, 0.25) is 0 Å². The largest absolute Gasteiger partial charge is 0.477 e. The number of carboxylic acid groups (broad SMARTS) is 1. The molecule has 0 radical (unpaired) electrons. The molecule has 1 saturated heterocycles. The van der Waals surface area contributed by atoms with Gasteiger partial charge in [-0.05, 0) is 38.7 Å². The van der Waals surface area contributed by atoms with E-state index in [1.807, 2.05) is 11.8 Å². The van der Waals surface area contributed by atoms with Crippen molar-refractivity contribution in [2.75, 3.05) is 18.0 Å². The summed E-state index contributed by atoms with van der Waals surface area (Å²) in [7, 11) is 0. The highest BCUT2D eigenvalue weighted by Gasteiger charge is 2.31. The molecule has 0 spiro atoms. The average Bonchev–Trinajstić information content (AvgIpc) is 2.71. The summed E-state index contributed by atoms with van der Waals surface area (Å²) in [5.41, 5.74) is 2.35. The maximum atomic E-state index is 15.2. The molecule has 2 aliphatic heterocycles. The molecule has 8 nitrogen and oxygen atoms in total. The predicted molar refractivity (Wildman–Crippen MR) is 103 cm³/mol. The van der Waals surface area contributed by atoms with E-state index in [-0.39, 0.29) is 22.9 Å². The second-order valence-corrected chi connectivity index (χ2v) is 7.79. The van der Waals surface area contributed by atoms with Crippen LogP contribution in [0.4, 0.5) is 10.1 Å². The van der Waals surface area contributed by atoms with Gasteiger partial charge in [-0.1, -0.05) is 0 Å². The number of rotatable bonds is 3. The highest BCUT2D eigenvalue weighted by molar-refractivity contribution is 5.95. The Balaban J connectivity index is 1.85. The molecule has 0 bridgehead atoms. The van der Waals surface area contributed by atoms with Crippen LogP contribution in [0.25, 0.3) is 10.9 Å². The molecule has 1 atom stereocenters. The summed E-state index contributed by atoms with van der Waals surface area (Å²) in [5.74, 6) is -2.65. The third-order valence-electron chi connectivity index (χ3n) is 6.15. The molecule has 1 aromatic carbocycles. The molecular formula is C20H22FN3O5. The van der Waals surface area contributed by atoms with Gasteiger partial charge in [-0.15, -0.1) is 0 Å². The Hall–Kier alpha value is -2.94. The van der Waals surface area contributed by atoms with Crippen LogP contribution in [-0.4, -0.2) is 39.8 Å². The summed E-state index contributed by atoms with van der Waals surface area (Å²) in [6.07, 6.45) is 3.59. The highest BCUT2D eigenvalue weighted by atomic mass is 19.1. The molecule has 154 valence electrons. The van der Waals surface area contributed by atoms with Crippen molar-refractivity contribution in [2.24, 2.45) is 5.92 Å².